The molecule has 9 heteroatoms. The van der Waals surface area contributed by atoms with E-state index in [0.717, 1.165) is 22.9 Å². The van der Waals surface area contributed by atoms with E-state index in [4.69, 9.17) is 0 Å². The van der Waals surface area contributed by atoms with Crippen LogP contribution in [0.25, 0.3) is 0 Å². The Labute approximate surface area is 174 Å². The van der Waals surface area contributed by atoms with Crippen LogP contribution < -0.4 is 4.31 Å². The van der Waals surface area contributed by atoms with E-state index in [2.05, 4.69) is 15.9 Å². The summed E-state index contributed by atoms with van der Waals surface area (Å²) in [6.45, 7) is 1.47. The molecule has 2 aromatic carbocycles. The van der Waals surface area contributed by atoms with Crippen molar-refractivity contribution in [3.05, 3.63) is 52.5 Å². The van der Waals surface area contributed by atoms with Gasteiger partial charge in [0.15, 0.2) is 0 Å². The van der Waals surface area contributed by atoms with Crippen molar-refractivity contribution in [3.63, 3.8) is 0 Å². The molecule has 0 spiro atoms. The number of halogens is 1. The minimum absolute atomic E-state index is 0.220. The van der Waals surface area contributed by atoms with Gasteiger partial charge in [-0.3, -0.25) is 4.31 Å². The number of hydrogen-bond acceptors (Lipinski definition) is 4. The minimum atomic E-state index is -3.70. The zero-order valence-corrected chi connectivity index (χ0v) is 18.4. The van der Waals surface area contributed by atoms with Crippen molar-refractivity contribution < 1.29 is 16.8 Å². The molecule has 28 heavy (non-hydrogen) atoms. The lowest BCUT2D eigenvalue weighted by Gasteiger charge is -2.31. The van der Waals surface area contributed by atoms with Crippen LogP contribution in [-0.4, -0.2) is 40.8 Å². The van der Waals surface area contributed by atoms with E-state index in [-0.39, 0.29) is 9.79 Å². The summed E-state index contributed by atoms with van der Waals surface area (Å²) in [5.74, 6) is 0. The van der Waals surface area contributed by atoms with Crippen LogP contribution in [0, 0.1) is 0 Å². The monoisotopic (exact) mass is 484 g/mol. The molecule has 0 aliphatic carbocycles. The van der Waals surface area contributed by atoms with E-state index in [9.17, 15) is 16.8 Å². The first kappa shape index (κ1) is 19.9. The SMILES string of the molecule is O=S(=O)(c1ccc2c(c1)CCCN2S(=O)(=O)c1ccc(Br)cc1)N1CCCC1. The van der Waals surface area contributed by atoms with Gasteiger partial charge in [-0.1, -0.05) is 15.9 Å². The van der Waals surface area contributed by atoms with E-state index >= 15 is 0 Å². The van der Waals surface area contributed by atoms with Gasteiger partial charge in [0.05, 0.1) is 15.5 Å². The molecule has 1 fully saturated rings. The van der Waals surface area contributed by atoms with Crippen molar-refractivity contribution in [2.45, 2.75) is 35.5 Å². The molecular formula is C19H21BrN2O4S2. The fourth-order valence-corrected chi connectivity index (χ4v) is 7.13. The standard InChI is InChI=1S/C19H21BrN2O4S2/c20-16-5-7-17(8-6-16)28(25,26)22-13-3-4-15-14-18(9-10-19(15)22)27(23,24)21-11-1-2-12-21/h5-10,14H,1-4,11-13H2. The van der Waals surface area contributed by atoms with E-state index < -0.39 is 20.0 Å². The van der Waals surface area contributed by atoms with E-state index in [1.807, 2.05) is 0 Å². The van der Waals surface area contributed by atoms with E-state index in [1.165, 1.54) is 14.7 Å². The third-order valence-electron chi connectivity index (χ3n) is 5.23. The van der Waals surface area contributed by atoms with Gasteiger partial charge < -0.3 is 0 Å². The minimum Gasteiger partial charge on any atom is -0.266 e. The Morgan fingerprint density at radius 1 is 0.750 bits per heavy atom. The Kier molecular flexibility index (Phi) is 5.28. The van der Waals surface area contributed by atoms with Crippen molar-refractivity contribution in [2.24, 2.45) is 0 Å². The Hall–Kier alpha value is -1.42. The first-order valence-corrected chi connectivity index (χ1v) is 12.9. The van der Waals surface area contributed by atoms with Crippen molar-refractivity contribution in [1.29, 1.82) is 0 Å². The molecule has 6 nitrogen and oxygen atoms in total. The second-order valence-corrected chi connectivity index (χ2v) is 11.8. The molecule has 0 saturated carbocycles. The third-order valence-corrected chi connectivity index (χ3v) is 9.48. The van der Waals surface area contributed by atoms with Crippen molar-refractivity contribution >= 4 is 41.7 Å². The fourth-order valence-electron chi connectivity index (χ4n) is 3.76. The van der Waals surface area contributed by atoms with Crippen LogP contribution in [0.1, 0.15) is 24.8 Å². The molecule has 2 aliphatic rings. The Balaban J connectivity index is 1.72. The topological polar surface area (TPSA) is 74.8 Å². The molecule has 1 saturated heterocycles. The second-order valence-electron chi connectivity index (χ2n) is 7.04. The summed E-state index contributed by atoms with van der Waals surface area (Å²) in [5.41, 5.74) is 1.32. The molecule has 0 radical (unpaired) electrons. The summed E-state index contributed by atoms with van der Waals surface area (Å²) in [5, 5.41) is 0. The van der Waals surface area contributed by atoms with Crippen LogP contribution in [0.4, 0.5) is 5.69 Å². The molecule has 0 amide bonds. The number of benzene rings is 2. The van der Waals surface area contributed by atoms with Crippen molar-refractivity contribution in [1.82, 2.24) is 4.31 Å². The lowest BCUT2D eigenvalue weighted by atomic mass is 10.0. The Morgan fingerprint density at radius 2 is 1.39 bits per heavy atom. The number of rotatable bonds is 4. The molecule has 0 bridgehead atoms. The molecule has 0 unspecified atom stereocenters. The van der Waals surface area contributed by atoms with Crippen LogP contribution in [0.2, 0.25) is 0 Å². The molecule has 2 aliphatic heterocycles. The van der Waals surface area contributed by atoms with Gasteiger partial charge >= 0.3 is 0 Å². The highest BCUT2D eigenvalue weighted by molar-refractivity contribution is 9.10. The molecule has 150 valence electrons. The number of sulfonamides is 2. The summed E-state index contributed by atoms with van der Waals surface area (Å²) in [6.07, 6.45) is 3.06. The van der Waals surface area contributed by atoms with Gasteiger partial charge in [-0.2, -0.15) is 4.31 Å². The molecule has 2 heterocycles. The lowest BCUT2D eigenvalue weighted by Crippen LogP contribution is -2.35. The van der Waals surface area contributed by atoms with Gasteiger partial charge in [-0.15, -0.1) is 0 Å². The number of nitrogens with zero attached hydrogens (tertiary/aromatic N) is 2. The van der Waals surface area contributed by atoms with Crippen LogP contribution >= 0.6 is 15.9 Å². The van der Waals surface area contributed by atoms with Crippen molar-refractivity contribution in [2.75, 3.05) is 23.9 Å². The largest absolute Gasteiger partial charge is 0.266 e. The van der Waals surface area contributed by atoms with E-state index in [0.29, 0.717) is 38.2 Å². The lowest BCUT2D eigenvalue weighted by molar-refractivity contribution is 0.477. The van der Waals surface area contributed by atoms with Gasteiger partial charge in [0.25, 0.3) is 10.0 Å². The maximum absolute atomic E-state index is 13.1. The average molecular weight is 485 g/mol. The van der Waals surface area contributed by atoms with Gasteiger partial charge in [0, 0.05) is 24.1 Å². The number of aryl methyl sites for hydroxylation is 1. The highest BCUT2D eigenvalue weighted by Crippen LogP contribution is 2.34. The van der Waals surface area contributed by atoms with Gasteiger partial charge in [-0.05, 0) is 73.7 Å². The summed E-state index contributed by atoms with van der Waals surface area (Å²) >= 11 is 3.32. The second kappa shape index (κ2) is 7.44. The zero-order valence-electron chi connectivity index (χ0n) is 15.2. The summed E-state index contributed by atoms with van der Waals surface area (Å²) < 4.78 is 55.7. The molecule has 4 rings (SSSR count). The van der Waals surface area contributed by atoms with Gasteiger partial charge in [0.2, 0.25) is 10.0 Å². The predicted molar refractivity (Wildman–Crippen MR) is 111 cm³/mol. The Morgan fingerprint density at radius 3 is 2.07 bits per heavy atom. The van der Waals surface area contributed by atoms with Gasteiger partial charge in [-0.25, -0.2) is 16.8 Å². The maximum Gasteiger partial charge on any atom is 0.264 e. The quantitative estimate of drug-likeness (QED) is 0.666. The van der Waals surface area contributed by atoms with Crippen LogP contribution in [0.15, 0.2) is 56.7 Å². The first-order chi connectivity index (χ1) is 13.3. The summed E-state index contributed by atoms with van der Waals surface area (Å²) in [4.78, 5) is 0.466. The number of anilines is 1. The van der Waals surface area contributed by atoms with Crippen LogP contribution in [0.5, 0.6) is 0 Å². The van der Waals surface area contributed by atoms with Crippen molar-refractivity contribution in [3.8, 4) is 0 Å². The molecule has 0 N–H and O–H groups in total. The van der Waals surface area contributed by atoms with Crippen LogP contribution in [0.3, 0.4) is 0 Å². The fraction of sp³-hybridized carbons (Fsp3) is 0.368. The molecule has 0 atom stereocenters. The maximum atomic E-state index is 13.1. The van der Waals surface area contributed by atoms with Crippen LogP contribution in [-0.2, 0) is 26.5 Å². The number of fused-ring (bicyclic) bond motifs is 1. The van der Waals surface area contributed by atoms with E-state index in [1.54, 1.807) is 36.4 Å². The Bertz CT molecular complexity index is 1090. The summed E-state index contributed by atoms with van der Waals surface area (Å²) in [7, 11) is -7.23. The molecule has 2 aromatic rings. The zero-order chi connectivity index (χ0) is 19.9. The normalized spacial score (nSPS) is 18.2. The average Bonchev–Trinajstić information content (AvgIpc) is 3.23. The molecule has 0 aromatic heterocycles. The first-order valence-electron chi connectivity index (χ1n) is 9.21. The highest BCUT2D eigenvalue weighted by Gasteiger charge is 2.32. The molecular weight excluding hydrogens is 464 g/mol. The predicted octanol–water partition coefficient (Wildman–Crippen LogP) is 3.38. The summed E-state index contributed by atoms with van der Waals surface area (Å²) in [6, 6.07) is 11.3. The van der Waals surface area contributed by atoms with Gasteiger partial charge in [0.1, 0.15) is 0 Å². The number of hydrogen-bond donors (Lipinski definition) is 0. The highest BCUT2D eigenvalue weighted by atomic mass is 79.9. The third kappa shape index (κ3) is 3.49. The smallest absolute Gasteiger partial charge is 0.264 e.